The standard InChI is InChI=1S/C89H88BN3/c1-84(2,3)64-36-25-56(26-37-64)61-34-45-79-75(50-61)90-76-51-62(57-27-38-65(39-28-57)85(4,5)6)35-46-80(76)92(69-42-31-59(32-43-69)63-47-66(86(7,8)9)52-67(48-63)87(10,11)12)82-54-70(93-77-23-19-17-21-71(77)72-22-18-20-24-78(72)93)53-81(83(82)90)91(79)68-40-29-58(30-41-68)60-33-44-73-74(49-60)89(15,16)55-88(73,13)14/h17-54H,55H2,1-16H3. The van der Waals surface area contributed by atoms with Gasteiger partial charge in [0.05, 0.1) is 16.7 Å². The fourth-order valence-electron chi connectivity index (χ4n) is 16.0. The molecule has 3 aliphatic rings. The van der Waals surface area contributed by atoms with Crippen molar-refractivity contribution in [3.8, 4) is 50.2 Å². The van der Waals surface area contributed by atoms with Gasteiger partial charge in [0.15, 0.2) is 0 Å². The van der Waals surface area contributed by atoms with E-state index in [0.29, 0.717) is 0 Å². The molecule has 1 aromatic heterocycles. The van der Waals surface area contributed by atoms with Crippen LogP contribution in [-0.4, -0.2) is 11.3 Å². The Bertz CT molecular complexity index is 4860. The van der Waals surface area contributed by atoms with E-state index in [1.807, 2.05) is 0 Å². The van der Waals surface area contributed by atoms with Gasteiger partial charge >= 0.3 is 0 Å². The lowest BCUT2D eigenvalue weighted by Crippen LogP contribution is -2.61. The van der Waals surface area contributed by atoms with Crippen LogP contribution in [0.5, 0.6) is 0 Å². The Hall–Kier alpha value is -9.12. The van der Waals surface area contributed by atoms with Crippen molar-refractivity contribution in [3.63, 3.8) is 0 Å². The van der Waals surface area contributed by atoms with Crippen LogP contribution >= 0.6 is 0 Å². The molecule has 0 N–H and O–H groups in total. The average molecular weight is 1210 g/mol. The van der Waals surface area contributed by atoms with Crippen LogP contribution in [0.1, 0.15) is 151 Å². The maximum atomic E-state index is 2.60. The first-order valence-electron chi connectivity index (χ1n) is 33.9. The number of para-hydroxylation sites is 2. The predicted octanol–water partition coefficient (Wildman–Crippen LogP) is 22.7. The molecule has 93 heavy (non-hydrogen) atoms. The fourth-order valence-corrected chi connectivity index (χ4v) is 16.0. The summed E-state index contributed by atoms with van der Waals surface area (Å²) < 4.78 is 2.52. The van der Waals surface area contributed by atoms with E-state index in [1.165, 1.54) is 133 Å². The van der Waals surface area contributed by atoms with Crippen LogP contribution in [0.25, 0.3) is 72.0 Å². The van der Waals surface area contributed by atoms with Crippen molar-refractivity contribution in [2.24, 2.45) is 0 Å². The van der Waals surface area contributed by atoms with Crippen molar-refractivity contribution < 1.29 is 0 Å². The zero-order valence-electron chi connectivity index (χ0n) is 57.6. The Morgan fingerprint density at radius 3 is 1.10 bits per heavy atom. The van der Waals surface area contributed by atoms with Crippen molar-refractivity contribution in [1.29, 1.82) is 0 Å². The second-order valence-electron chi connectivity index (χ2n) is 32.7. The van der Waals surface area contributed by atoms with Crippen LogP contribution in [-0.2, 0) is 32.5 Å². The minimum absolute atomic E-state index is 0.0128. The molecule has 0 amide bonds. The second kappa shape index (κ2) is 21.2. The van der Waals surface area contributed by atoms with Gasteiger partial charge in [0.2, 0.25) is 0 Å². The van der Waals surface area contributed by atoms with Crippen molar-refractivity contribution in [2.75, 3.05) is 9.80 Å². The van der Waals surface area contributed by atoms with Gasteiger partial charge in [-0.2, -0.15) is 0 Å². The molecule has 0 saturated carbocycles. The summed E-state index contributed by atoms with van der Waals surface area (Å²) >= 11 is 0. The molecule has 3 heterocycles. The molecular formula is C89H88BN3. The van der Waals surface area contributed by atoms with E-state index in [0.717, 1.165) is 29.2 Å². The van der Waals surface area contributed by atoms with Crippen LogP contribution in [0.4, 0.5) is 34.1 Å². The molecule has 11 aromatic carbocycles. The number of nitrogens with zero attached hydrogens (tertiary/aromatic N) is 3. The number of rotatable bonds is 7. The van der Waals surface area contributed by atoms with E-state index >= 15 is 0 Å². The summed E-state index contributed by atoms with van der Waals surface area (Å²) in [6, 6.07) is 89.8. The van der Waals surface area contributed by atoms with Crippen molar-refractivity contribution in [3.05, 3.63) is 264 Å². The molecule has 0 atom stereocenters. The molecule has 1 aliphatic carbocycles. The number of benzene rings is 11. The third-order valence-corrected chi connectivity index (χ3v) is 21.0. The molecule has 462 valence electrons. The van der Waals surface area contributed by atoms with E-state index in [2.05, 4.69) is 356 Å². The highest BCUT2D eigenvalue weighted by molar-refractivity contribution is 7.00. The molecule has 3 nitrogen and oxygen atoms in total. The molecule has 2 aliphatic heterocycles. The van der Waals surface area contributed by atoms with Gasteiger partial charge in [-0.25, -0.2) is 0 Å². The Morgan fingerprint density at radius 1 is 0.301 bits per heavy atom. The molecule has 0 fully saturated rings. The Morgan fingerprint density at radius 2 is 0.667 bits per heavy atom. The van der Waals surface area contributed by atoms with Gasteiger partial charge in [-0.15, -0.1) is 0 Å². The SMILES string of the molecule is CC(C)(C)c1ccc(-c2ccc3c(c2)B2c4cc(-c5ccc(C(C)(C)C)cc5)ccc4N(c4ccc(-c5ccc6c(c5)C(C)(C)CC6(C)C)cc4)c4cc(-n5c6ccccc6c6ccccc65)cc(c42)N3c2ccc(-c3cc(C(C)(C)C)cc(C(C)(C)C)c3)cc2)cc1. The number of aromatic nitrogens is 1. The summed E-state index contributed by atoms with van der Waals surface area (Å²) in [5.41, 5.74) is 32.6. The second-order valence-corrected chi connectivity index (χ2v) is 32.7. The third-order valence-electron chi connectivity index (χ3n) is 21.0. The first kappa shape index (κ1) is 60.1. The quantitative estimate of drug-likeness (QED) is 0.147. The van der Waals surface area contributed by atoms with Crippen LogP contribution < -0.4 is 26.2 Å². The van der Waals surface area contributed by atoms with E-state index in [4.69, 9.17) is 0 Å². The first-order chi connectivity index (χ1) is 44.1. The lowest BCUT2D eigenvalue weighted by Gasteiger charge is -2.44. The molecular weight excluding hydrogens is 1120 g/mol. The lowest BCUT2D eigenvalue weighted by molar-refractivity contribution is 0.403. The van der Waals surface area contributed by atoms with Crippen LogP contribution in [0.2, 0.25) is 0 Å². The van der Waals surface area contributed by atoms with Crippen molar-refractivity contribution in [1.82, 2.24) is 4.57 Å². The van der Waals surface area contributed by atoms with Gasteiger partial charge in [-0.3, -0.25) is 0 Å². The molecule has 0 saturated heterocycles. The maximum Gasteiger partial charge on any atom is 0.252 e. The zero-order valence-corrected chi connectivity index (χ0v) is 57.6. The summed E-state index contributed by atoms with van der Waals surface area (Å²) in [5.74, 6) is 0. The van der Waals surface area contributed by atoms with Gasteiger partial charge in [0, 0.05) is 44.9 Å². The van der Waals surface area contributed by atoms with Crippen LogP contribution in [0.15, 0.2) is 231 Å². The highest BCUT2D eigenvalue weighted by Crippen LogP contribution is 2.52. The summed E-state index contributed by atoms with van der Waals surface area (Å²) in [5, 5.41) is 2.48. The molecule has 0 unspecified atom stereocenters. The Kier molecular flexibility index (Phi) is 13.7. The average Bonchev–Trinajstić information content (AvgIpc) is 0.864. The molecule has 4 heteroatoms. The summed E-state index contributed by atoms with van der Waals surface area (Å²) in [4.78, 5) is 5.20. The minimum atomic E-state index is -0.143. The van der Waals surface area contributed by atoms with Crippen molar-refractivity contribution in [2.45, 2.75) is 150 Å². The van der Waals surface area contributed by atoms with Gasteiger partial charge in [0.1, 0.15) is 0 Å². The predicted molar refractivity (Wildman–Crippen MR) is 402 cm³/mol. The van der Waals surface area contributed by atoms with Gasteiger partial charge in [0.25, 0.3) is 6.71 Å². The number of fused-ring (bicyclic) bond motifs is 8. The van der Waals surface area contributed by atoms with Crippen LogP contribution in [0, 0.1) is 0 Å². The van der Waals surface area contributed by atoms with E-state index in [1.54, 1.807) is 0 Å². The Balaban J connectivity index is 1.01. The third kappa shape index (κ3) is 10.3. The van der Waals surface area contributed by atoms with Gasteiger partial charge in [-0.05, 0) is 194 Å². The lowest BCUT2D eigenvalue weighted by atomic mass is 9.33. The van der Waals surface area contributed by atoms with E-state index in [9.17, 15) is 0 Å². The zero-order chi connectivity index (χ0) is 65.1. The first-order valence-corrected chi connectivity index (χ1v) is 33.9. The van der Waals surface area contributed by atoms with E-state index in [-0.39, 0.29) is 39.2 Å². The molecule has 12 aromatic rings. The minimum Gasteiger partial charge on any atom is -0.311 e. The van der Waals surface area contributed by atoms with Crippen molar-refractivity contribution >= 4 is 79.0 Å². The molecule has 0 radical (unpaired) electrons. The number of hydrogen-bond donors (Lipinski definition) is 0. The molecule has 15 rings (SSSR count). The van der Waals surface area contributed by atoms with Gasteiger partial charge < -0.3 is 14.4 Å². The summed E-state index contributed by atoms with van der Waals surface area (Å²) in [6.07, 6.45) is 1.14. The number of hydrogen-bond acceptors (Lipinski definition) is 2. The Labute approximate surface area is 553 Å². The summed E-state index contributed by atoms with van der Waals surface area (Å²) in [6.45, 7) is 37.3. The molecule has 0 bridgehead atoms. The smallest absolute Gasteiger partial charge is 0.252 e. The fraction of sp³-hybridized carbons (Fsp3) is 0.258. The van der Waals surface area contributed by atoms with Crippen LogP contribution in [0.3, 0.4) is 0 Å². The van der Waals surface area contributed by atoms with E-state index < -0.39 is 0 Å². The highest BCUT2D eigenvalue weighted by atomic mass is 15.2. The number of anilines is 6. The topological polar surface area (TPSA) is 11.4 Å². The maximum absolute atomic E-state index is 2.60. The monoisotopic (exact) mass is 1210 g/mol. The molecule has 0 spiro atoms. The highest BCUT2D eigenvalue weighted by Gasteiger charge is 2.45. The normalized spacial score (nSPS) is 14.9. The summed E-state index contributed by atoms with van der Waals surface area (Å²) in [7, 11) is 0. The van der Waals surface area contributed by atoms with Gasteiger partial charge in [-0.1, -0.05) is 281 Å². The largest absolute Gasteiger partial charge is 0.311 e.